The predicted molar refractivity (Wildman–Crippen MR) is 96.1 cm³/mol. The number of hydrogen-bond acceptors (Lipinski definition) is 4. The molecule has 0 spiro atoms. The van der Waals surface area contributed by atoms with Crippen molar-refractivity contribution >= 4 is 44.5 Å². The Bertz CT molecular complexity index is 665. The lowest BCUT2D eigenvalue weighted by Gasteiger charge is -2.35. The van der Waals surface area contributed by atoms with Gasteiger partial charge in [0.2, 0.25) is 0 Å². The summed E-state index contributed by atoms with van der Waals surface area (Å²) in [5, 5.41) is 3.04. The average molecular weight is 380 g/mol. The van der Waals surface area contributed by atoms with Crippen molar-refractivity contribution in [2.24, 2.45) is 0 Å². The molecule has 1 fully saturated rings. The first-order valence-electron chi connectivity index (χ1n) is 7.23. The summed E-state index contributed by atoms with van der Waals surface area (Å²) in [7, 11) is 2.14. The van der Waals surface area contributed by atoms with Gasteiger partial charge in [-0.05, 0) is 47.2 Å². The van der Waals surface area contributed by atoms with Crippen molar-refractivity contribution in [3.8, 4) is 0 Å². The molecule has 0 bridgehead atoms. The van der Waals surface area contributed by atoms with Crippen molar-refractivity contribution in [1.29, 1.82) is 0 Å². The second-order valence-corrected chi connectivity index (χ2v) is 7.83. The highest BCUT2D eigenvalue weighted by Crippen LogP contribution is 2.28. The zero-order chi connectivity index (χ0) is 15.5. The minimum absolute atomic E-state index is 0.0581. The van der Waals surface area contributed by atoms with Crippen molar-refractivity contribution in [2.45, 2.75) is 0 Å². The standard InChI is InChI=1S/C16H18BrN3OS/c1-19-8-10-20(11-9-19)13-5-3-2-4-12(13)18-16(21)14-6-7-15(17)22-14/h2-7H,8-11H2,1H3,(H,18,21). The zero-order valence-corrected chi connectivity index (χ0v) is 14.8. The summed E-state index contributed by atoms with van der Waals surface area (Å²) in [5.41, 5.74) is 1.97. The molecule has 6 heteroatoms. The number of likely N-dealkylation sites (N-methyl/N-ethyl adjacent to an activating group) is 1. The number of amides is 1. The maximum atomic E-state index is 12.4. The summed E-state index contributed by atoms with van der Waals surface area (Å²) in [6.07, 6.45) is 0. The minimum Gasteiger partial charge on any atom is -0.367 e. The lowest BCUT2D eigenvalue weighted by Crippen LogP contribution is -2.44. The largest absolute Gasteiger partial charge is 0.367 e. The molecule has 0 aliphatic carbocycles. The van der Waals surface area contributed by atoms with Gasteiger partial charge in [-0.25, -0.2) is 0 Å². The fraction of sp³-hybridized carbons (Fsp3) is 0.312. The van der Waals surface area contributed by atoms with Gasteiger partial charge in [-0.15, -0.1) is 11.3 Å². The van der Waals surface area contributed by atoms with Gasteiger partial charge < -0.3 is 15.1 Å². The van der Waals surface area contributed by atoms with Gasteiger partial charge in [0.1, 0.15) is 0 Å². The predicted octanol–water partition coefficient (Wildman–Crippen LogP) is 3.51. The topological polar surface area (TPSA) is 35.6 Å². The van der Waals surface area contributed by atoms with Crippen LogP contribution in [0.1, 0.15) is 9.67 Å². The van der Waals surface area contributed by atoms with Gasteiger partial charge in [-0.1, -0.05) is 12.1 Å². The molecule has 1 saturated heterocycles. The molecule has 1 N–H and O–H groups in total. The number of rotatable bonds is 3. The molecular weight excluding hydrogens is 362 g/mol. The normalized spacial score (nSPS) is 15.8. The Morgan fingerprint density at radius 2 is 1.86 bits per heavy atom. The molecule has 0 unspecified atom stereocenters. The number of carbonyl (C=O) groups excluding carboxylic acids is 1. The summed E-state index contributed by atoms with van der Waals surface area (Å²) in [5.74, 6) is -0.0581. The third-order valence-corrected chi connectivity index (χ3v) is 5.42. The van der Waals surface area contributed by atoms with E-state index in [-0.39, 0.29) is 5.91 Å². The van der Waals surface area contributed by atoms with Crippen LogP contribution in [0.15, 0.2) is 40.2 Å². The number of piperazine rings is 1. The highest BCUT2D eigenvalue weighted by Gasteiger charge is 2.18. The van der Waals surface area contributed by atoms with E-state index < -0.39 is 0 Å². The number of thiophene rings is 1. The molecule has 1 aliphatic rings. The van der Waals surface area contributed by atoms with Crippen LogP contribution >= 0.6 is 27.3 Å². The first-order chi connectivity index (χ1) is 10.6. The van der Waals surface area contributed by atoms with E-state index in [4.69, 9.17) is 0 Å². The molecule has 0 atom stereocenters. The molecule has 0 radical (unpaired) electrons. The van der Waals surface area contributed by atoms with Crippen LogP contribution in [0.4, 0.5) is 11.4 Å². The van der Waals surface area contributed by atoms with Crippen molar-refractivity contribution in [3.63, 3.8) is 0 Å². The van der Waals surface area contributed by atoms with E-state index in [1.807, 2.05) is 30.3 Å². The van der Waals surface area contributed by atoms with Gasteiger partial charge in [0.25, 0.3) is 5.91 Å². The molecule has 4 nitrogen and oxygen atoms in total. The van der Waals surface area contributed by atoms with Crippen LogP contribution in [-0.2, 0) is 0 Å². The Kier molecular flexibility index (Phi) is 4.81. The van der Waals surface area contributed by atoms with E-state index in [0.29, 0.717) is 4.88 Å². The highest BCUT2D eigenvalue weighted by molar-refractivity contribution is 9.11. The van der Waals surface area contributed by atoms with Crippen LogP contribution in [0.5, 0.6) is 0 Å². The Hall–Kier alpha value is -1.37. The number of hydrogen-bond donors (Lipinski definition) is 1. The number of benzene rings is 1. The number of nitrogens with one attached hydrogen (secondary N) is 1. The molecule has 116 valence electrons. The van der Waals surface area contributed by atoms with Crippen LogP contribution in [-0.4, -0.2) is 44.0 Å². The van der Waals surface area contributed by atoms with Crippen LogP contribution < -0.4 is 10.2 Å². The average Bonchev–Trinajstić information content (AvgIpc) is 2.95. The quantitative estimate of drug-likeness (QED) is 0.885. The molecular formula is C16H18BrN3OS. The van der Waals surface area contributed by atoms with E-state index in [2.05, 4.69) is 44.2 Å². The van der Waals surface area contributed by atoms with Gasteiger partial charge in [0, 0.05) is 26.2 Å². The van der Waals surface area contributed by atoms with Crippen LogP contribution in [0.25, 0.3) is 0 Å². The molecule has 2 heterocycles. The number of anilines is 2. The third kappa shape index (κ3) is 3.51. The SMILES string of the molecule is CN1CCN(c2ccccc2NC(=O)c2ccc(Br)s2)CC1. The summed E-state index contributed by atoms with van der Waals surface area (Å²) in [6, 6.07) is 11.7. The number of carbonyl (C=O) groups is 1. The van der Waals surface area contributed by atoms with Gasteiger partial charge in [0.15, 0.2) is 0 Å². The Balaban J connectivity index is 1.78. The molecule has 0 saturated carbocycles. The van der Waals surface area contributed by atoms with Crippen LogP contribution in [0.3, 0.4) is 0 Å². The third-order valence-electron chi connectivity index (χ3n) is 3.79. The molecule has 3 rings (SSSR count). The summed E-state index contributed by atoms with van der Waals surface area (Å²) in [4.78, 5) is 17.7. The molecule has 1 aromatic carbocycles. The van der Waals surface area contributed by atoms with E-state index >= 15 is 0 Å². The Morgan fingerprint density at radius 3 is 2.55 bits per heavy atom. The van der Waals surface area contributed by atoms with Crippen LogP contribution in [0.2, 0.25) is 0 Å². The van der Waals surface area contributed by atoms with Crippen molar-refractivity contribution in [2.75, 3.05) is 43.4 Å². The molecule has 1 aliphatic heterocycles. The maximum absolute atomic E-state index is 12.4. The monoisotopic (exact) mass is 379 g/mol. The first kappa shape index (κ1) is 15.5. The van der Waals surface area contributed by atoms with Gasteiger partial charge >= 0.3 is 0 Å². The maximum Gasteiger partial charge on any atom is 0.265 e. The molecule has 1 amide bonds. The van der Waals surface area contributed by atoms with Gasteiger partial charge in [0.05, 0.1) is 20.0 Å². The summed E-state index contributed by atoms with van der Waals surface area (Å²) >= 11 is 4.84. The zero-order valence-electron chi connectivity index (χ0n) is 12.4. The van der Waals surface area contributed by atoms with Crippen molar-refractivity contribution in [1.82, 2.24) is 4.90 Å². The van der Waals surface area contributed by atoms with Crippen LogP contribution in [0, 0.1) is 0 Å². The molecule has 1 aromatic heterocycles. The lowest BCUT2D eigenvalue weighted by molar-refractivity contribution is 0.103. The second kappa shape index (κ2) is 6.81. The number of nitrogens with zero attached hydrogens (tertiary/aromatic N) is 2. The van der Waals surface area contributed by atoms with E-state index in [1.54, 1.807) is 0 Å². The summed E-state index contributed by atoms with van der Waals surface area (Å²) < 4.78 is 0.963. The molecule has 2 aromatic rings. The fourth-order valence-corrected chi connectivity index (χ4v) is 3.80. The Morgan fingerprint density at radius 1 is 1.14 bits per heavy atom. The second-order valence-electron chi connectivity index (χ2n) is 5.37. The Labute approximate surface area is 142 Å². The summed E-state index contributed by atoms with van der Waals surface area (Å²) in [6.45, 7) is 4.04. The van der Waals surface area contributed by atoms with Crippen molar-refractivity contribution in [3.05, 3.63) is 45.1 Å². The molecule has 22 heavy (non-hydrogen) atoms. The minimum atomic E-state index is -0.0581. The lowest BCUT2D eigenvalue weighted by atomic mass is 10.2. The fourth-order valence-electron chi connectivity index (χ4n) is 2.52. The van der Waals surface area contributed by atoms with E-state index in [9.17, 15) is 4.79 Å². The van der Waals surface area contributed by atoms with Gasteiger partial charge in [-0.2, -0.15) is 0 Å². The van der Waals surface area contributed by atoms with Crippen molar-refractivity contribution < 1.29 is 4.79 Å². The smallest absolute Gasteiger partial charge is 0.265 e. The highest BCUT2D eigenvalue weighted by atomic mass is 79.9. The van der Waals surface area contributed by atoms with E-state index in [0.717, 1.165) is 41.3 Å². The number of para-hydroxylation sites is 2. The first-order valence-corrected chi connectivity index (χ1v) is 8.83. The number of halogens is 1. The van der Waals surface area contributed by atoms with Gasteiger partial charge in [-0.3, -0.25) is 4.79 Å². The van der Waals surface area contributed by atoms with E-state index in [1.165, 1.54) is 11.3 Å².